The second-order valence-electron chi connectivity index (χ2n) is 3.60. The number of hydrogen-bond donors (Lipinski definition) is 1. The van der Waals surface area contributed by atoms with Gasteiger partial charge in [-0.2, -0.15) is 0 Å². The Morgan fingerprint density at radius 3 is 2.94 bits per heavy atom. The first kappa shape index (κ1) is 11.3. The first-order valence-electron chi connectivity index (χ1n) is 5.32. The predicted molar refractivity (Wildman–Crippen MR) is 64.9 cm³/mol. The summed E-state index contributed by atoms with van der Waals surface area (Å²) in [4.78, 5) is 12.2. The average molecular weight is 230 g/mol. The fourth-order valence-corrected chi connectivity index (χ4v) is 1.47. The molecular formula is C12H14N4O. The number of pyridine rings is 1. The van der Waals surface area contributed by atoms with E-state index in [0.717, 1.165) is 11.4 Å². The Morgan fingerprint density at radius 2 is 2.24 bits per heavy atom. The topological polar surface area (TPSA) is 59.9 Å². The molecule has 1 unspecified atom stereocenters. The lowest BCUT2D eigenvalue weighted by Crippen LogP contribution is -2.08. The highest BCUT2D eigenvalue weighted by atomic mass is 16.5. The van der Waals surface area contributed by atoms with Crippen molar-refractivity contribution in [1.82, 2.24) is 15.0 Å². The molecule has 1 N–H and O–H groups in total. The Morgan fingerprint density at radius 1 is 1.35 bits per heavy atom. The Bertz CT molecular complexity index is 475. The van der Waals surface area contributed by atoms with Crippen molar-refractivity contribution in [2.24, 2.45) is 0 Å². The molecule has 2 rings (SSSR count). The highest BCUT2D eigenvalue weighted by molar-refractivity contribution is 5.39. The molecule has 0 radical (unpaired) electrons. The monoisotopic (exact) mass is 230 g/mol. The van der Waals surface area contributed by atoms with Gasteiger partial charge in [-0.15, -0.1) is 0 Å². The van der Waals surface area contributed by atoms with Gasteiger partial charge in [0, 0.05) is 18.5 Å². The van der Waals surface area contributed by atoms with Gasteiger partial charge in [-0.1, -0.05) is 6.07 Å². The number of methoxy groups -OCH3 is 1. The highest BCUT2D eigenvalue weighted by Gasteiger charge is 2.06. The maximum atomic E-state index is 5.04. The minimum absolute atomic E-state index is 0.128. The van der Waals surface area contributed by atoms with Crippen LogP contribution < -0.4 is 10.1 Å². The summed E-state index contributed by atoms with van der Waals surface area (Å²) in [6.45, 7) is 2.05. The van der Waals surface area contributed by atoms with Gasteiger partial charge in [-0.25, -0.2) is 9.97 Å². The first-order valence-corrected chi connectivity index (χ1v) is 5.32. The van der Waals surface area contributed by atoms with E-state index in [1.807, 2.05) is 25.3 Å². The van der Waals surface area contributed by atoms with Crippen LogP contribution in [0.1, 0.15) is 18.5 Å². The molecule has 5 heteroatoms. The molecule has 5 nitrogen and oxygen atoms in total. The standard InChI is InChI=1S/C12H14N4O/c1-9(10-4-3-5-13-7-10)16-11-6-12(17-2)15-8-14-11/h3-9H,1-2H3,(H,14,15,16). The molecule has 0 bridgehead atoms. The number of aromatic nitrogens is 3. The van der Waals surface area contributed by atoms with Crippen LogP contribution in [0.5, 0.6) is 5.88 Å². The summed E-state index contributed by atoms with van der Waals surface area (Å²) >= 11 is 0. The second-order valence-corrected chi connectivity index (χ2v) is 3.60. The molecule has 2 aromatic rings. The van der Waals surface area contributed by atoms with Crippen molar-refractivity contribution in [3.05, 3.63) is 42.5 Å². The van der Waals surface area contributed by atoms with Crippen LogP contribution in [0.25, 0.3) is 0 Å². The van der Waals surface area contributed by atoms with Crippen molar-refractivity contribution in [2.45, 2.75) is 13.0 Å². The maximum Gasteiger partial charge on any atom is 0.218 e. The molecule has 2 aromatic heterocycles. The summed E-state index contributed by atoms with van der Waals surface area (Å²) in [7, 11) is 1.58. The third-order valence-corrected chi connectivity index (χ3v) is 2.40. The number of ether oxygens (including phenoxy) is 1. The summed E-state index contributed by atoms with van der Waals surface area (Å²) in [5.41, 5.74) is 1.10. The van der Waals surface area contributed by atoms with Crippen LogP contribution in [-0.4, -0.2) is 22.1 Å². The van der Waals surface area contributed by atoms with Gasteiger partial charge >= 0.3 is 0 Å². The van der Waals surface area contributed by atoms with Gasteiger partial charge in [0.25, 0.3) is 0 Å². The van der Waals surface area contributed by atoms with Gasteiger partial charge in [0.15, 0.2) is 0 Å². The summed E-state index contributed by atoms with van der Waals surface area (Å²) < 4.78 is 5.04. The Kier molecular flexibility index (Phi) is 3.49. The van der Waals surface area contributed by atoms with Crippen LogP contribution in [-0.2, 0) is 0 Å². The molecule has 0 amide bonds. The molecular weight excluding hydrogens is 216 g/mol. The number of rotatable bonds is 4. The lowest BCUT2D eigenvalue weighted by atomic mass is 10.1. The third kappa shape index (κ3) is 2.90. The zero-order valence-corrected chi connectivity index (χ0v) is 9.79. The van der Waals surface area contributed by atoms with Crippen molar-refractivity contribution in [2.75, 3.05) is 12.4 Å². The van der Waals surface area contributed by atoms with E-state index in [0.29, 0.717) is 5.88 Å². The summed E-state index contributed by atoms with van der Waals surface area (Å²) in [5.74, 6) is 1.27. The smallest absolute Gasteiger partial charge is 0.218 e. The van der Waals surface area contributed by atoms with Gasteiger partial charge in [-0.05, 0) is 18.6 Å². The van der Waals surface area contributed by atoms with Crippen LogP contribution >= 0.6 is 0 Å². The molecule has 88 valence electrons. The van der Waals surface area contributed by atoms with Crippen LogP contribution in [0, 0.1) is 0 Å². The van der Waals surface area contributed by atoms with E-state index >= 15 is 0 Å². The second kappa shape index (κ2) is 5.25. The van der Waals surface area contributed by atoms with Crippen molar-refractivity contribution >= 4 is 5.82 Å². The van der Waals surface area contributed by atoms with Gasteiger partial charge in [0.1, 0.15) is 12.1 Å². The van der Waals surface area contributed by atoms with Gasteiger partial charge < -0.3 is 10.1 Å². The van der Waals surface area contributed by atoms with Crippen molar-refractivity contribution in [1.29, 1.82) is 0 Å². The van der Waals surface area contributed by atoms with Crippen LogP contribution in [0.3, 0.4) is 0 Å². The molecule has 0 spiro atoms. The van der Waals surface area contributed by atoms with E-state index in [1.54, 1.807) is 19.4 Å². The van der Waals surface area contributed by atoms with Crippen LogP contribution in [0.15, 0.2) is 36.9 Å². The molecule has 1 atom stereocenters. The zero-order valence-electron chi connectivity index (χ0n) is 9.79. The van der Waals surface area contributed by atoms with E-state index < -0.39 is 0 Å². The van der Waals surface area contributed by atoms with E-state index in [-0.39, 0.29) is 6.04 Å². The lowest BCUT2D eigenvalue weighted by molar-refractivity contribution is 0.397. The minimum Gasteiger partial charge on any atom is -0.481 e. The van der Waals surface area contributed by atoms with Crippen LogP contribution in [0.2, 0.25) is 0 Å². The minimum atomic E-state index is 0.128. The summed E-state index contributed by atoms with van der Waals surface area (Å²) in [6, 6.07) is 5.81. The van der Waals surface area contributed by atoms with Gasteiger partial charge in [0.2, 0.25) is 5.88 Å². The van der Waals surface area contributed by atoms with E-state index in [9.17, 15) is 0 Å². The first-order chi connectivity index (χ1) is 8.29. The van der Waals surface area contributed by atoms with Crippen molar-refractivity contribution < 1.29 is 4.74 Å². The van der Waals surface area contributed by atoms with Crippen molar-refractivity contribution in [3.8, 4) is 5.88 Å². The molecule has 0 aliphatic heterocycles. The fraction of sp³-hybridized carbons (Fsp3) is 0.250. The highest BCUT2D eigenvalue weighted by Crippen LogP contribution is 2.18. The Balaban J connectivity index is 2.10. The lowest BCUT2D eigenvalue weighted by Gasteiger charge is -2.14. The quantitative estimate of drug-likeness (QED) is 0.871. The Labute approximate surface area is 99.9 Å². The van der Waals surface area contributed by atoms with E-state index in [2.05, 4.69) is 20.3 Å². The number of anilines is 1. The molecule has 2 heterocycles. The summed E-state index contributed by atoms with van der Waals surface area (Å²) in [6.07, 6.45) is 5.05. The third-order valence-electron chi connectivity index (χ3n) is 2.40. The largest absolute Gasteiger partial charge is 0.481 e. The number of hydrogen-bond acceptors (Lipinski definition) is 5. The Hall–Kier alpha value is -2.17. The summed E-state index contributed by atoms with van der Waals surface area (Å²) in [5, 5.41) is 3.26. The molecule has 0 aliphatic carbocycles. The van der Waals surface area contributed by atoms with Crippen LogP contribution in [0.4, 0.5) is 5.82 Å². The van der Waals surface area contributed by atoms with Gasteiger partial charge in [0.05, 0.1) is 13.2 Å². The molecule has 0 aromatic carbocycles. The molecule has 0 saturated carbocycles. The molecule has 0 saturated heterocycles. The number of nitrogens with one attached hydrogen (secondary N) is 1. The SMILES string of the molecule is COc1cc(NC(C)c2cccnc2)ncn1. The fourth-order valence-electron chi connectivity index (χ4n) is 1.47. The number of nitrogens with zero attached hydrogens (tertiary/aromatic N) is 3. The van der Waals surface area contributed by atoms with Crippen molar-refractivity contribution in [3.63, 3.8) is 0 Å². The average Bonchev–Trinajstić information content (AvgIpc) is 2.40. The van der Waals surface area contributed by atoms with E-state index in [1.165, 1.54) is 6.33 Å². The van der Waals surface area contributed by atoms with E-state index in [4.69, 9.17) is 4.74 Å². The zero-order chi connectivity index (χ0) is 12.1. The maximum absolute atomic E-state index is 5.04. The molecule has 17 heavy (non-hydrogen) atoms. The predicted octanol–water partition coefficient (Wildman–Crippen LogP) is 2.05. The molecule has 0 fully saturated rings. The normalized spacial score (nSPS) is 11.9. The molecule has 0 aliphatic rings. The van der Waals surface area contributed by atoms with Gasteiger partial charge in [-0.3, -0.25) is 4.98 Å².